The van der Waals surface area contributed by atoms with Gasteiger partial charge in [0.2, 0.25) is 5.69 Å². The van der Waals surface area contributed by atoms with E-state index in [0.29, 0.717) is 17.8 Å². The fraction of sp³-hybridized carbons (Fsp3) is 0.269. The van der Waals surface area contributed by atoms with Gasteiger partial charge in [0.1, 0.15) is 17.8 Å². The summed E-state index contributed by atoms with van der Waals surface area (Å²) in [6, 6.07) is 11.4. The van der Waals surface area contributed by atoms with Crippen LogP contribution in [0.15, 0.2) is 65.4 Å². The average Bonchev–Trinajstić information content (AvgIpc) is 3.49. The summed E-state index contributed by atoms with van der Waals surface area (Å²) in [5.41, 5.74) is 2.40. The monoisotopic (exact) mass is 491 g/mol. The Morgan fingerprint density at radius 1 is 1.14 bits per heavy atom. The van der Waals surface area contributed by atoms with E-state index < -0.39 is 28.4 Å². The molecule has 2 aliphatic rings. The lowest BCUT2D eigenvalue weighted by Crippen LogP contribution is -2.32. The molecular formula is C26H23F2N5O3. The Balaban J connectivity index is 1.60. The number of amides is 1. The van der Waals surface area contributed by atoms with Gasteiger partial charge in [-0.2, -0.15) is 10.2 Å². The number of carbonyl (C=O) groups is 1. The predicted molar refractivity (Wildman–Crippen MR) is 129 cm³/mol. The van der Waals surface area contributed by atoms with Crippen LogP contribution in [0.2, 0.25) is 0 Å². The second-order valence-corrected chi connectivity index (χ2v) is 8.83. The Hall–Kier alpha value is -4.21. The first-order valence-corrected chi connectivity index (χ1v) is 11.7. The molecule has 0 radical (unpaired) electrons. The van der Waals surface area contributed by atoms with Crippen molar-refractivity contribution in [1.82, 2.24) is 14.8 Å². The molecule has 2 atom stereocenters. The van der Waals surface area contributed by atoms with E-state index in [0.717, 1.165) is 30.4 Å². The summed E-state index contributed by atoms with van der Waals surface area (Å²) in [6.45, 7) is 2.13. The molecule has 2 heterocycles. The van der Waals surface area contributed by atoms with Crippen LogP contribution >= 0.6 is 0 Å². The molecule has 0 N–H and O–H groups in total. The highest BCUT2D eigenvalue weighted by molar-refractivity contribution is 6.09. The number of nitro groups is 1. The maximum atomic E-state index is 13.7. The topological polar surface area (TPSA) is 93.6 Å². The van der Waals surface area contributed by atoms with Crippen LogP contribution in [0.3, 0.4) is 0 Å². The lowest BCUT2D eigenvalue weighted by atomic mass is 9.77. The van der Waals surface area contributed by atoms with Crippen LogP contribution in [0.4, 0.5) is 14.5 Å². The van der Waals surface area contributed by atoms with Crippen molar-refractivity contribution in [3.8, 4) is 0 Å². The number of benzene rings is 2. The second kappa shape index (κ2) is 9.44. The number of aryl methyl sites for hydroxylation is 1. The van der Waals surface area contributed by atoms with Crippen LogP contribution in [-0.4, -0.2) is 31.3 Å². The first-order valence-electron chi connectivity index (χ1n) is 11.7. The molecule has 5 rings (SSSR count). The SMILES string of the molecule is CCn1cc([N+](=O)[O-])c(C(=O)N2N=C3/C(=C/c4ccc(F)cc4)CCC[C@@H]3[C@@H]2c2ccc(F)cc2)n1. The normalized spacial score (nSPS) is 20.4. The molecule has 184 valence electrons. The highest BCUT2D eigenvalue weighted by Gasteiger charge is 2.45. The van der Waals surface area contributed by atoms with E-state index in [1.165, 1.54) is 40.2 Å². The van der Waals surface area contributed by atoms with Crippen molar-refractivity contribution in [1.29, 1.82) is 0 Å². The highest BCUT2D eigenvalue weighted by atomic mass is 19.1. The minimum atomic E-state index is -0.689. The van der Waals surface area contributed by atoms with Crippen LogP contribution in [0.5, 0.6) is 0 Å². The van der Waals surface area contributed by atoms with Gasteiger partial charge >= 0.3 is 11.6 Å². The summed E-state index contributed by atoms with van der Waals surface area (Å²) in [7, 11) is 0. The lowest BCUT2D eigenvalue weighted by Gasteiger charge is -2.29. The summed E-state index contributed by atoms with van der Waals surface area (Å²) in [4.78, 5) is 24.7. The molecule has 1 aromatic heterocycles. The second-order valence-electron chi connectivity index (χ2n) is 8.83. The molecule has 1 fully saturated rings. The van der Waals surface area contributed by atoms with Crippen molar-refractivity contribution < 1.29 is 18.5 Å². The Morgan fingerprint density at radius 3 is 2.44 bits per heavy atom. The van der Waals surface area contributed by atoms with Gasteiger partial charge in [0.15, 0.2) is 0 Å². The van der Waals surface area contributed by atoms with E-state index in [9.17, 15) is 23.7 Å². The van der Waals surface area contributed by atoms with Crippen molar-refractivity contribution in [3.05, 3.63) is 98.9 Å². The average molecular weight is 491 g/mol. The molecule has 1 amide bonds. The van der Waals surface area contributed by atoms with Gasteiger partial charge in [0.05, 0.1) is 16.7 Å². The predicted octanol–water partition coefficient (Wildman–Crippen LogP) is 5.53. The van der Waals surface area contributed by atoms with Crippen LogP contribution < -0.4 is 0 Å². The number of allylic oxidation sites excluding steroid dienone is 1. The van der Waals surface area contributed by atoms with E-state index in [2.05, 4.69) is 10.2 Å². The molecule has 1 aliphatic heterocycles. The third-order valence-electron chi connectivity index (χ3n) is 6.60. The van der Waals surface area contributed by atoms with Crippen LogP contribution in [0.25, 0.3) is 6.08 Å². The fourth-order valence-electron chi connectivity index (χ4n) is 4.89. The smallest absolute Gasteiger partial charge is 0.265 e. The molecule has 3 aromatic rings. The van der Waals surface area contributed by atoms with Gasteiger partial charge in [0.25, 0.3) is 0 Å². The highest BCUT2D eigenvalue weighted by Crippen LogP contribution is 2.45. The van der Waals surface area contributed by atoms with Gasteiger partial charge in [-0.05, 0) is 73.2 Å². The maximum absolute atomic E-state index is 13.7. The number of carbonyl (C=O) groups excluding carboxylic acids is 1. The molecule has 0 spiro atoms. The number of hydrogen-bond acceptors (Lipinski definition) is 5. The fourth-order valence-corrected chi connectivity index (χ4v) is 4.89. The van der Waals surface area contributed by atoms with Crippen LogP contribution in [-0.2, 0) is 6.54 Å². The van der Waals surface area contributed by atoms with Crippen molar-refractivity contribution in [2.75, 3.05) is 0 Å². The van der Waals surface area contributed by atoms with Crippen molar-refractivity contribution in [2.24, 2.45) is 11.0 Å². The molecular weight excluding hydrogens is 468 g/mol. The quantitative estimate of drug-likeness (QED) is 0.347. The zero-order valence-electron chi connectivity index (χ0n) is 19.5. The third-order valence-corrected chi connectivity index (χ3v) is 6.60. The van der Waals surface area contributed by atoms with Gasteiger partial charge in [-0.3, -0.25) is 19.6 Å². The van der Waals surface area contributed by atoms with Crippen molar-refractivity contribution >= 4 is 23.4 Å². The van der Waals surface area contributed by atoms with E-state index in [1.807, 2.05) is 6.08 Å². The standard InChI is InChI=1S/C26H23F2N5O3/c1-2-31-15-22(33(35)36)24(29-31)26(34)32-25(17-8-12-20(28)13-9-17)21-5-3-4-18(23(21)30-32)14-16-6-10-19(27)11-7-16/h6-15,21,25H,2-5H2,1H3/b18-14+/t21-,25-/m0/s1. The van der Waals surface area contributed by atoms with E-state index >= 15 is 0 Å². The third kappa shape index (κ3) is 4.30. The molecule has 0 bridgehead atoms. The Kier molecular flexibility index (Phi) is 6.17. The van der Waals surface area contributed by atoms with Crippen molar-refractivity contribution in [2.45, 2.75) is 38.8 Å². The lowest BCUT2D eigenvalue weighted by molar-refractivity contribution is -0.385. The number of fused-ring (bicyclic) bond motifs is 1. The maximum Gasteiger partial charge on any atom is 0.320 e. The zero-order valence-corrected chi connectivity index (χ0v) is 19.5. The Labute approximate surface area is 205 Å². The van der Waals surface area contributed by atoms with Gasteiger partial charge in [0, 0.05) is 12.5 Å². The molecule has 8 nitrogen and oxygen atoms in total. The van der Waals surface area contributed by atoms with Crippen LogP contribution in [0, 0.1) is 27.7 Å². The molecule has 1 saturated carbocycles. The Morgan fingerprint density at radius 2 is 1.81 bits per heavy atom. The van der Waals surface area contributed by atoms with Crippen LogP contribution in [0.1, 0.15) is 53.8 Å². The number of nitrogens with zero attached hydrogens (tertiary/aromatic N) is 5. The molecule has 0 saturated heterocycles. The Bertz CT molecular complexity index is 1380. The molecule has 2 aromatic carbocycles. The van der Waals surface area contributed by atoms with Gasteiger partial charge in [-0.15, -0.1) is 0 Å². The zero-order chi connectivity index (χ0) is 25.4. The minimum Gasteiger partial charge on any atom is -0.265 e. The number of halogens is 2. The number of hydrogen-bond donors (Lipinski definition) is 0. The molecule has 0 unspecified atom stereocenters. The minimum absolute atomic E-state index is 0.188. The van der Waals surface area contributed by atoms with Crippen molar-refractivity contribution in [3.63, 3.8) is 0 Å². The van der Waals surface area contributed by atoms with Gasteiger partial charge < -0.3 is 0 Å². The first kappa shape index (κ1) is 23.5. The number of rotatable bonds is 5. The summed E-state index contributed by atoms with van der Waals surface area (Å²) >= 11 is 0. The van der Waals surface area contributed by atoms with E-state index in [1.54, 1.807) is 31.2 Å². The molecule has 1 aliphatic carbocycles. The van der Waals surface area contributed by atoms with E-state index in [-0.39, 0.29) is 17.4 Å². The molecule has 10 heteroatoms. The summed E-state index contributed by atoms with van der Waals surface area (Å²) < 4.78 is 28.4. The molecule has 36 heavy (non-hydrogen) atoms. The first-order chi connectivity index (χ1) is 17.4. The summed E-state index contributed by atoms with van der Waals surface area (Å²) in [5.74, 6) is -1.62. The van der Waals surface area contributed by atoms with Gasteiger partial charge in [-0.1, -0.05) is 24.3 Å². The summed E-state index contributed by atoms with van der Waals surface area (Å²) in [5, 5.41) is 21.8. The van der Waals surface area contributed by atoms with E-state index in [4.69, 9.17) is 0 Å². The number of hydrazone groups is 1. The summed E-state index contributed by atoms with van der Waals surface area (Å²) in [6.07, 6.45) is 5.44. The van der Waals surface area contributed by atoms with Gasteiger partial charge in [-0.25, -0.2) is 13.8 Å². The number of aromatic nitrogens is 2. The largest absolute Gasteiger partial charge is 0.320 e.